The van der Waals surface area contributed by atoms with Crippen LogP contribution in [0.15, 0.2) is 42.0 Å². The van der Waals surface area contributed by atoms with Crippen molar-refractivity contribution in [3.63, 3.8) is 0 Å². The summed E-state index contributed by atoms with van der Waals surface area (Å²) in [7, 11) is 1.98. The number of halogens is 1. The normalized spacial score (nSPS) is 19.0. The molecule has 2 aromatic rings. The van der Waals surface area contributed by atoms with Gasteiger partial charge in [-0.05, 0) is 25.1 Å². The van der Waals surface area contributed by atoms with Gasteiger partial charge < -0.3 is 4.57 Å². The lowest BCUT2D eigenvalue weighted by atomic mass is 10.1. The first-order chi connectivity index (χ1) is 8.18. The van der Waals surface area contributed by atoms with Crippen LogP contribution in [-0.4, -0.2) is 4.57 Å². The quantitative estimate of drug-likeness (QED) is 0.636. The van der Waals surface area contributed by atoms with Crippen LogP contribution < -0.4 is 0 Å². The summed E-state index contributed by atoms with van der Waals surface area (Å²) < 4.78 is 16.4. The molecule has 17 heavy (non-hydrogen) atoms. The van der Waals surface area contributed by atoms with Crippen LogP contribution in [-0.2, 0) is 7.05 Å². The molecule has 0 bridgehead atoms. The van der Waals surface area contributed by atoms with Crippen LogP contribution in [0.25, 0.3) is 17.0 Å². The van der Waals surface area contributed by atoms with Gasteiger partial charge in [-0.25, -0.2) is 4.39 Å². The first-order valence-electron chi connectivity index (χ1n) is 5.76. The van der Waals surface area contributed by atoms with E-state index in [1.165, 1.54) is 0 Å². The van der Waals surface area contributed by atoms with Crippen LogP contribution in [0, 0.1) is 0 Å². The molecule has 1 aliphatic rings. The zero-order valence-corrected chi connectivity index (χ0v) is 9.94. The maximum Gasteiger partial charge on any atom is 0.147 e. The van der Waals surface area contributed by atoms with Crippen molar-refractivity contribution < 1.29 is 4.39 Å². The highest BCUT2D eigenvalue weighted by Gasteiger charge is 2.21. The summed E-state index contributed by atoms with van der Waals surface area (Å²) >= 11 is 0. The van der Waals surface area contributed by atoms with Crippen molar-refractivity contribution in [1.29, 1.82) is 0 Å². The second kappa shape index (κ2) is 3.59. The van der Waals surface area contributed by atoms with Crippen molar-refractivity contribution in [2.75, 3.05) is 0 Å². The van der Waals surface area contributed by atoms with Crippen molar-refractivity contribution in [2.45, 2.75) is 13.1 Å². The summed E-state index contributed by atoms with van der Waals surface area (Å²) in [4.78, 5) is 0. The van der Waals surface area contributed by atoms with E-state index in [1.54, 1.807) is 6.08 Å². The molecule has 1 unspecified atom stereocenters. The Labute approximate surface area is 99.9 Å². The number of aromatic nitrogens is 1. The van der Waals surface area contributed by atoms with Crippen molar-refractivity contribution in [1.82, 2.24) is 4.57 Å². The third-order valence-corrected chi connectivity index (χ3v) is 3.38. The van der Waals surface area contributed by atoms with Crippen molar-refractivity contribution in [2.24, 2.45) is 7.05 Å². The highest BCUT2D eigenvalue weighted by atomic mass is 19.1. The van der Waals surface area contributed by atoms with Gasteiger partial charge in [0, 0.05) is 29.2 Å². The van der Waals surface area contributed by atoms with Gasteiger partial charge in [-0.1, -0.05) is 29.8 Å². The predicted molar refractivity (Wildman–Crippen MR) is 69.6 cm³/mol. The first kappa shape index (κ1) is 10.3. The fourth-order valence-corrected chi connectivity index (χ4v) is 2.51. The molecule has 1 heterocycles. The fourth-order valence-electron chi connectivity index (χ4n) is 2.51. The summed E-state index contributed by atoms with van der Waals surface area (Å²) in [6, 6.07) is 7.96. The van der Waals surface area contributed by atoms with Gasteiger partial charge in [0.05, 0.1) is 0 Å². The van der Waals surface area contributed by atoms with Crippen LogP contribution in [0.1, 0.15) is 24.4 Å². The summed E-state index contributed by atoms with van der Waals surface area (Å²) in [5.41, 5.74) is 3.80. The number of hydrogen-bond donors (Lipinski definition) is 0. The Balaban J connectivity index is 2.41. The number of aryl methyl sites for hydroxylation is 1. The molecule has 1 aromatic carbocycles. The third kappa shape index (κ3) is 1.44. The molecule has 86 valence electrons. The van der Waals surface area contributed by atoms with Gasteiger partial charge in [-0.2, -0.15) is 0 Å². The largest absolute Gasteiger partial charge is 0.344 e. The lowest BCUT2D eigenvalue weighted by Gasteiger charge is -2.03. The number of alkyl halides is 1. The molecule has 1 aliphatic carbocycles. The lowest BCUT2D eigenvalue weighted by molar-refractivity contribution is 0.415. The van der Waals surface area contributed by atoms with E-state index in [0.29, 0.717) is 0 Å². The Kier molecular flexibility index (Phi) is 2.18. The Morgan fingerprint density at radius 2 is 1.94 bits per heavy atom. The first-order valence-corrected chi connectivity index (χ1v) is 5.76. The van der Waals surface area contributed by atoms with Crippen LogP contribution in [0.4, 0.5) is 4.39 Å². The highest BCUT2D eigenvalue weighted by molar-refractivity contribution is 5.89. The van der Waals surface area contributed by atoms with E-state index in [2.05, 4.69) is 4.57 Å². The van der Waals surface area contributed by atoms with Crippen molar-refractivity contribution in [3.05, 3.63) is 53.2 Å². The third-order valence-electron chi connectivity index (χ3n) is 3.38. The monoisotopic (exact) mass is 227 g/mol. The fraction of sp³-hybridized carbons (Fsp3) is 0.200. The van der Waals surface area contributed by atoms with Crippen molar-refractivity contribution in [3.8, 4) is 0 Å². The number of fused-ring (bicyclic) bond motifs is 3. The predicted octanol–water partition coefficient (Wildman–Crippen LogP) is 4.16. The molecule has 1 atom stereocenters. The molecular weight excluding hydrogens is 213 g/mol. The minimum Gasteiger partial charge on any atom is -0.344 e. The molecule has 0 spiro atoms. The van der Waals surface area contributed by atoms with Gasteiger partial charge in [0.2, 0.25) is 0 Å². The molecule has 0 radical (unpaired) electrons. The summed E-state index contributed by atoms with van der Waals surface area (Å²) in [6.07, 6.45) is 4.62. The van der Waals surface area contributed by atoms with Gasteiger partial charge in [0.1, 0.15) is 6.17 Å². The molecule has 1 aromatic heterocycles. The van der Waals surface area contributed by atoms with E-state index in [4.69, 9.17) is 0 Å². The zero-order chi connectivity index (χ0) is 12.0. The molecule has 3 rings (SSSR count). The Hall–Kier alpha value is -1.83. The molecule has 0 saturated carbocycles. The maximum absolute atomic E-state index is 14.3. The number of benzene rings is 1. The zero-order valence-electron chi connectivity index (χ0n) is 9.94. The summed E-state index contributed by atoms with van der Waals surface area (Å²) in [5, 5.41) is 1.01. The number of allylic oxidation sites excluding steroid dienone is 3. The second-order valence-corrected chi connectivity index (χ2v) is 4.52. The molecule has 1 nitrogen and oxygen atoms in total. The Bertz CT molecular complexity index is 646. The summed E-state index contributed by atoms with van der Waals surface area (Å²) in [6.45, 7) is 1.93. The van der Waals surface area contributed by atoms with E-state index in [0.717, 1.165) is 27.7 Å². The van der Waals surface area contributed by atoms with E-state index < -0.39 is 6.17 Å². The minimum atomic E-state index is -1.02. The van der Waals surface area contributed by atoms with Gasteiger partial charge >= 0.3 is 0 Å². The molecule has 2 heteroatoms. The Morgan fingerprint density at radius 1 is 1.18 bits per heavy atom. The van der Waals surface area contributed by atoms with Crippen LogP contribution in [0.3, 0.4) is 0 Å². The van der Waals surface area contributed by atoms with Crippen LogP contribution in [0.2, 0.25) is 0 Å². The molecule has 0 saturated heterocycles. The molecule has 0 amide bonds. The van der Waals surface area contributed by atoms with E-state index in [-0.39, 0.29) is 0 Å². The van der Waals surface area contributed by atoms with Gasteiger partial charge in [0.25, 0.3) is 0 Å². The topological polar surface area (TPSA) is 4.93 Å². The lowest BCUT2D eigenvalue weighted by Crippen LogP contribution is -1.93. The second-order valence-electron chi connectivity index (χ2n) is 4.52. The van der Waals surface area contributed by atoms with Gasteiger partial charge in [-0.15, -0.1) is 0 Å². The maximum atomic E-state index is 14.3. The van der Waals surface area contributed by atoms with Crippen molar-refractivity contribution >= 4 is 17.0 Å². The minimum absolute atomic E-state index is 0.788. The van der Waals surface area contributed by atoms with Crippen LogP contribution >= 0.6 is 0 Å². The SMILES string of the molecule is CC1=CC(F)c2c(n(C)c3ccccc23)C=C1. The van der Waals surface area contributed by atoms with E-state index >= 15 is 0 Å². The average Bonchev–Trinajstić information content (AvgIpc) is 2.50. The smallest absolute Gasteiger partial charge is 0.147 e. The van der Waals surface area contributed by atoms with E-state index in [1.807, 2.05) is 50.4 Å². The number of para-hydroxylation sites is 1. The van der Waals surface area contributed by atoms with Gasteiger partial charge in [0.15, 0.2) is 0 Å². The Morgan fingerprint density at radius 3 is 2.76 bits per heavy atom. The molecule has 0 aliphatic heterocycles. The summed E-state index contributed by atoms with van der Waals surface area (Å²) in [5.74, 6) is 0. The number of hydrogen-bond acceptors (Lipinski definition) is 0. The number of nitrogens with zero attached hydrogens (tertiary/aromatic N) is 1. The highest BCUT2D eigenvalue weighted by Crippen LogP contribution is 2.36. The standard InChI is InChI=1S/C15H14FN/c1-10-7-8-14-15(12(16)9-10)11-5-3-4-6-13(11)17(14)2/h3-9,12H,1-2H3. The van der Waals surface area contributed by atoms with E-state index in [9.17, 15) is 4.39 Å². The molecule has 0 N–H and O–H groups in total. The molecular formula is C15H14FN. The molecule has 0 fully saturated rings. The van der Waals surface area contributed by atoms with Crippen LogP contribution in [0.5, 0.6) is 0 Å². The number of rotatable bonds is 0. The average molecular weight is 227 g/mol. The van der Waals surface area contributed by atoms with Gasteiger partial charge in [-0.3, -0.25) is 0 Å².